The Bertz CT molecular complexity index is 548. The quantitative estimate of drug-likeness (QED) is 0.871. The van der Waals surface area contributed by atoms with Crippen LogP contribution in [0.1, 0.15) is 44.1 Å². The van der Waals surface area contributed by atoms with Crippen molar-refractivity contribution in [3.05, 3.63) is 52.8 Å². The lowest BCUT2D eigenvalue weighted by molar-refractivity contribution is 0.506. The molecule has 0 radical (unpaired) electrons. The molecule has 0 saturated heterocycles. The summed E-state index contributed by atoms with van der Waals surface area (Å²) >= 11 is 6.09. The summed E-state index contributed by atoms with van der Waals surface area (Å²) in [6.45, 7) is 7.30. The topological polar surface area (TPSA) is 29.9 Å². The molecular formula is C16H22ClN3. The van der Waals surface area contributed by atoms with Gasteiger partial charge in [-0.3, -0.25) is 4.68 Å². The summed E-state index contributed by atoms with van der Waals surface area (Å²) in [5, 5.41) is 8.90. The number of hydrogen-bond acceptors (Lipinski definition) is 2. The molecule has 0 aliphatic rings. The highest BCUT2D eigenvalue weighted by molar-refractivity contribution is 6.30. The predicted octanol–water partition coefficient (Wildman–Crippen LogP) is 4.01. The number of benzene rings is 1. The van der Waals surface area contributed by atoms with Gasteiger partial charge in [0.05, 0.1) is 5.69 Å². The Kier molecular flexibility index (Phi) is 5.21. The maximum absolute atomic E-state index is 6.09. The molecule has 0 aliphatic carbocycles. The molecule has 4 heteroatoms. The van der Waals surface area contributed by atoms with Crippen molar-refractivity contribution in [1.29, 1.82) is 0 Å². The van der Waals surface area contributed by atoms with Gasteiger partial charge in [-0.15, -0.1) is 0 Å². The summed E-state index contributed by atoms with van der Waals surface area (Å²) < 4.78 is 2.00. The molecule has 1 aromatic carbocycles. The summed E-state index contributed by atoms with van der Waals surface area (Å²) in [5.41, 5.74) is 2.31. The minimum atomic E-state index is 0.245. The van der Waals surface area contributed by atoms with Crippen LogP contribution in [0.4, 0.5) is 0 Å². The second-order valence-electron chi connectivity index (χ2n) is 5.25. The van der Waals surface area contributed by atoms with E-state index in [0.717, 1.165) is 23.7 Å². The molecule has 1 atom stereocenters. The molecule has 1 heterocycles. The maximum atomic E-state index is 6.09. The third-order valence-electron chi connectivity index (χ3n) is 3.31. The molecule has 3 nitrogen and oxygen atoms in total. The molecule has 108 valence electrons. The first-order valence-electron chi connectivity index (χ1n) is 7.13. The molecule has 1 unspecified atom stereocenters. The van der Waals surface area contributed by atoms with Crippen LogP contribution in [0.3, 0.4) is 0 Å². The van der Waals surface area contributed by atoms with Crippen LogP contribution in [0, 0.1) is 0 Å². The van der Waals surface area contributed by atoms with Crippen molar-refractivity contribution in [2.75, 3.05) is 6.54 Å². The van der Waals surface area contributed by atoms with Crippen molar-refractivity contribution in [1.82, 2.24) is 15.1 Å². The van der Waals surface area contributed by atoms with Gasteiger partial charge in [0.25, 0.3) is 0 Å². The van der Waals surface area contributed by atoms with Gasteiger partial charge in [-0.1, -0.05) is 30.7 Å². The first-order chi connectivity index (χ1) is 9.60. The van der Waals surface area contributed by atoms with Crippen molar-refractivity contribution in [3.8, 4) is 0 Å². The Hall–Kier alpha value is -1.32. The van der Waals surface area contributed by atoms with Crippen LogP contribution in [0.2, 0.25) is 5.02 Å². The van der Waals surface area contributed by atoms with Crippen molar-refractivity contribution >= 4 is 11.6 Å². The van der Waals surface area contributed by atoms with Gasteiger partial charge in [0.15, 0.2) is 0 Å². The normalized spacial score (nSPS) is 12.8. The fraction of sp³-hybridized carbons (Fsp3) is 0.438. The SMILES string of the molecule is CCNC(Cc1ccn(C(C)C)n1)c1cccc(Cl)c1. The lowest BCUT2D eigenvalue weighted by Crippen LogP contribution is -2.23. The number of rotatable bonds is 6. The Morgan fingerprint density at radius 2 is 2.10 bits per heavy atom. The number of hydrogen-bond donors (Lipinski definition) is 1. The Morgan fingerprint density at radius 1 is 1.30 bits per heavy atom. The summed E-state index contributed by atoms with van der Waals surface area (Å²) in [7, 11) is 0. The maximum Gasteiger partial charge on any atom is 0.0643 e. The lowest BCUT2D eigenvalue weighted by atomic mass is 10.0. The van der Waals surface area contributed by atoms with E-state index in [1.807, 2.05) is 29.1 Å². The molecule has 0 saturated carbocycles. The molecule has 20 heavy (non-hydrogen) atoms. The minimum Gasteiger partial charge on any atom is -0.310 e. The number of likely N-dealkylation sites (N-methyl/N-ethyl adjacent to an activating group) is 1. The van der Waals surface area contributed by atoms with Crippen LogP contribution in [-0.2, 0) is 6.42 Å². The van der Waals surface area contributed by atoms with E-state index in [1.165, 1.54) is 5.56 Å². The second-order valence-corrected chi connectivity index (χ2v) is 5.69. The largest absolute Gasteiger partial charge is 0.310 e. The standard InChI is InChI=1S/C16H22ClN3/c1-4-18-16(13-6-5-7-14(17)10-13)11-15-8-9-20(19-15)12(2)3/h5-10,12,16,18H,4,11H2,1-3H3. The van der Waals surface area contributed by atoms with E-state index in [-0.39, 0.29) is 6.04 Å². The van der Waals surface area contributed by atoms with Crippen molar-refractivity contribution in [2.45, 2.75) is 39.3 Å². The van der Waals surface area contributed by atoms with Gasteiger partial charge in [-0.2, -0.15) is 5.10 Å². The summed E-state index contributed by atoms with van der Waals surface area (Å²) in [6.07, 6.45) is 2.91. The smallest absolute Gasteiger partial charge is 0.0643 e. The monoisotopic (exact) mass is 291 g/mol. The molecule has 0 spiro atoms. The zero-order valence-corrected chi connectivity index (χ0v) is 13.1. The third kappa shape index (κ3) is 3.84. The molecule has 1 aromatic heterocycles. The van der Waals surface area contributed by atoms with E-state index in [4.69, 9.17) is 11.6 Å². The molecule has 2 rings (SSSR count). The number of halogens is 1. The van der Waals surface area contributed by atoms with Crippen LogP contribution in [-0.4, -0.2) is 16.3 Å². The van der Waals surface area contributed by atoms with Gasteiger partial charge in [0.2, 0.25) is 0 Å². The van der Waals surface area contributed by atoms with E-state index in [2.05, 4.69) is 43.3 Å². The first kappa shape index (κ1) is 15.1. The third-order valence-corrected chi connectivity index (χ3v) is 3.54. The van der Waals surface area contributed by atoms with E-state index in [1.54, 1.807) is 0 Å². The van der Waals surface area contributed by atoms with Gasteiger partial charge in [0, 0.05) is 29.7 Å². The molecule has 0 bridgehead atoms. The lowest BCUT2D eigenvalue weighted by Gasteiger charge is -2.17. The van der Waals surface area contributed by atoms with E-state index >= 15 is 0 Å². The Morgan fingerprint density at radius 3 is 2.70 bits per heavy atom. The highest BCUT2D eigenvalue weighted by atomic mass is 35.5. The van der Waals surface area contributed by atoms with Crippen molar-refractivity contribution < 1.29 is 0 Å². The van der Waals surface area contributed by atoms with Gasteiger partial charge in [0.1, 0.15) is 0 Å². The minimum absolute atomic E-state index is 0.245. The molecular weight excluding hydrogens is 270 g/mol. The number of aromatic nitrogens is 2. The fourth-order valence-corrected chi connectivity index (χ4v) is 2.46. The molecule has 0 fully saturated rings. The Labute approximate surface area is 126 Å². The highest BCUT2D eigenvalue weighted by Crippen LogP contribution is 2.21. The van der Waals surface area contributed by atoms with Crippen LogP contribution in [0.25, 0.3) is 0 Å². The fourth-order valence-electron chi connectivity index (χ4n) is 2.26. The summed E-state index contributed by atoms with van der Waals surface area (Å²) in [5.74, 6) is 0. The zero-order valence-electron chi connectivity index (χ0n) is 12.3. The zero-order chi connectivity index (χ0) is 14.5. The van der Waals surface area contributed by atoms with E-state index in [9.17, 15) is 0 Å². The average molecular weight is 292 g/mol. The van der Waals surface area contributed by atoms with Gasteiger partial charge in [-0.25, -0.2) is 0 Å². The Balaban J connectivity index is 2.16. The first-order valence-corrected chi connectivity index (χ1v) is 7.50. The van der Waals surface area contributed by atoms with Crippen molar-refractivity contribution in [3.63, 3.8) is 0 Å². The highest BCUT2D eigenvalue weighted by Gasteiger charge is 2.13. The van der Waals surface area contributed by atoms with E-state index < -0.39 is 0 Å². The van der Waals surface area contributed by atoms with Crippen LogP contribution < -0.4 is 5.32 Å². The van der Waals surface area contributed by atoms with Crippen LogP contribution >= 0.6 is 11.6 Å². The molecule has 0 aliphatic heterocycles. The summed E-state index contributed by atoms with van der Waals surface area (Å²) in [4.78, 5) is 0. The van der Waals surface area contributed by atoms with E-state index in [0.29, 0.717) is 6.04 Å². The van der Waals surface area contributed by atoms with Crippen LogP contribution in [0.15, 0.2) is 36.5 Å². The van der Waals surface area contributed by atoms with Gasteiger partial charge in [-0.05, 0) is 44.2 Å². The summed E-state index contributed by atoms with van der Waals surface area (Å²) in [6, 6.07) is 10.8. The molecule has 2 aromatic rings. The molecule has 0 amide bonds. The average Bonchev–Trinajstić information content (AvgIpc) is 2.87. The van der Waals surface area contributed by atoms with Gasteiger partial charge >= 0.3 is 0 Å². The number of nitrogens with one attached hydrogen (secondary N) is 1. The predicted molar refractivity (Wildman–Crippen MR) is 84.2 cm³/mol. The second kappa shape index (κ2) is 6.91. The molecule has 1 N–H and O–H groups in total. The van der Waals surface area contributed by atoms with Gasteiger partial charge < -0.3 is 5.32 Å². The number of nitrogens with zero attached hydrogens (tertiary/aromatic N) is 2. The van der Waals surface area contributed by atoms with Crippen molar-refractivity contribution in [2.24, 2.45) is 0 Å². The van der Waals surface area contributed by atoms with Crippen LogP contribution in [0.5, 0.6) is 0 Å².